The molecule has 9 rings (SSSR count). The van der Waals surface area contributed by atoms with Crippen molar-refractivity contribution in [2.75, 3.05) is 50.8 Å². The lowest BCUT2D eigenvalue weighted by Crippen LogP contribution is -2.55. The van der Waals surface area contributed by atoms with E-state index < -0.39 is 17.4 Å². The van der Waals surface area contributed by atoms with Crippen LogP contribution in [0.3, 0.4) is 0 Å². The van der Waals surface area contributed by atoms with Gasteiger partial charge in [-0.25, -0.2) is 0 Å². The van der Waals surface area contributed by atoms with Crippen molar-refractivity contribution in [3.63, 3.8) is 0 Å². The number of fused-ring (bicyclic) bond motifs is 5. The third kappa shape index (κ3) is 6.30. The number of aromatic amines is 1. The van der Waals surface area contributed by atoms with E-state index >= 15 is 0 Å². The van der Waals surface area contributed by atoms with Crippen LogP contribution in [0.15, 0.2) is 48.5 Å². The molecule has 3 fully saturated rings. The molecule has 4 aromatic rings. The SMILES string of the molecule is CCc1cc2c(cc1N1CCC(N3CCN(C(=O)COc4ccc5c(c4)CN(C4CCC(=O)NC4=O)C5=O)CC3)CC1)C(C)(C)c1[nH]c3cc(C#N)ccc3c1C2=O. The normalized spacial score (nSPS) is 20.8. The van der Waals surface area contributed by atoms with Crippen molar-refractivity contribution < 1.29 is 28.7 Å². The molecule has 5 aliphatic rings. The van der Waals surface area contributed by atoms with Crippen LogP contribution in [0.1, 0.15) is 101 Å². The first-order valence-corrected chi connectivity index (χ1v) is 20.4. The van der Waals surface area contributed by atoms with E-state index in [1.165, 1.54) is 16.2 Å². The predicted octanol–water partition coefficient (Wildman–Crippen LogP) is 4.43. The third-order valence-electron chi connectivity index (χ3n) is 13.1. The van der Waals surface area contributed by atoms with Gasteiger partial charge in [0.1, 0.15) is 11.8 Å². The molecular formula is C45H47N7O6. The van der Waals surface area contributed by atoms with Gasteiger partial charge >= 0.3 is 0 Å². The number of hydrogen-bond acceptors (Lipinski definition) is 9. The number of ketones is 1. The minimum Gasteiger partial charge on any atom is -0.484 e. The Bertz CT molecular complexity index is 2450. The maximum absolute atomic E-state index is 14.1. The number of hydrogen-bond donors (Lipinski definition) is 2. The van der Waals surface area contributed by atoms with E-state index in [0.717, 1.165) is 78.7 Å². The lowest BCUT2D eigenvalue weighted by Gasteiger charge is -2.44. The highest BCUT2D eigenvalue weighted by Gasteiger charge is 2.42. The second-order valence-electron chi connectivity index (χ2n) is 16.7. The molecule has 58 heavy (non-hydrogen) atoms. The quantitative estimate of drug-likeness (QED) is 0.259. The molecule has 1 unspecified atom stereocenters. The van der Waals surface area contributed by atoms with Gasteiger partial charge in [0, 0.05) is 97.1 Å². The number of ether oxygens (including phenoxy) is 1. The fourth-order valence-corrected chi connectivity index (χ4v) is 9.84. The molecule has 0 saturated carbocycles. The Hall–Kier alpha value is -6.00. The summed E-state index contributed by atoms with van der Waals surface area (Å²) in [7, 11) is 0. The Balaban J connectivity index is 0.795. The van der Waals surface area contributed by atoms with Gasteiger partial charge in [-0.15, -0.1) is 0 Å². The van der Waals surface area contributed by atoms with Crippen molar-refractivity contribution in [2.24, 2.45) is 0 Å². The highest BCUT2D eigenvalue weighted by atomic mass is 16.5. The second-order valence-corrected chi connectivity index (χ2v) is 16.7. The summed E-state index contributed by atoms with van der Waals surface area (Å²) in [5.41, 5.74) is 7.94. The molecule has 3 aromatic carbocycles. The van der Waals surface area contributed by atoms with Crippen molar-refractivity contribution in [2.45, 2.75) is 76.9 Å². The van der Waals surface area contributed by atoms with Gasteiger partial charge < -0.3 is 24.4 Å². The Morgan fingerprint density at radius 2 is 1.71 bits per heavy atom. The number of rotatable bonds is 7. The summed E-state index contributed by atoms with van der Waals surface area (Å²) in [6.07, 6.45) is 3.33. The zero-order chi connectivity index (χ0) is 40.5. The van der Waals surface area contributed by atoms with Crippen molar-refractivity contribution >= 4 is 46.0 Å². The van der Waals surface area contributed by atoms with Gasteiger partial charge in [-0.3, -0.25) is 34.2 Å². The van der Waals surface area contributed by atoms with E-state index in [4.69, 9.17) is 4.74 Å². The number of nitrogens with one attached hydrogen (secondary N) is 2. The molecule has 1 aromatic heterocycles. The molecular weight excluding hydrogens is 735 g/mol. The van der Waals surface area contributed by atoms with Crippen LogP contribution in [0.5, 0.6) is 5.75 Å². The third-order valence-corrected chi connectivity index (χ3v) is 13.1. The number of amides is 4. The molecule has 13 heteroatoms. The van der Waals surface area contributed by atoms with Crippen LogP contribution in [0.25, 0.3) is 10.9 Å². The first-order chi connectivity index (χ1) is 27.9. The summed E-state index contributed by atoms with van der Waals surface area (Å²) < 4.78 is 5.91. The summed E-state index contributed by atoms with van der Waals surface area (Å²) in [5, 5.41) is 12.7. The molecule has 2 N–H and O–H groups in total. The molecule has 5 heterocycles. The smallest absolute Gasteiger partial charge is 0.260 e. The number of aromatic nitrogens is 1. The first-order valence-electron chi connectivity index (χ1n) is 20.4. The topological polar surface area (TPSA) is 159 Å². The largest absolute Gasteiger partial charge is 0.484 e. The van der Waals surface area contributed by atoms with Crippen LogP contribution in [-0.4, -0.2) is 107 Å². The Morgan fingerprint density at radius 3 is 2.43 bits per heavy atom. The lowest BCUT2D eigenvalue weighted by molar-refractivity contribution is -0.137. The zero-order valence-corrected chi connectivity index (χ0v) is 33.2. The summed E-state index contributed by atoms with van der Waals surface area (Å²) in [4.78, 5) is 76.3. The number of imide groups is 1. The fourth-order valence-electron chi connectivity index (χ4n) is 9.84. The van der Waals surface area contributed by atoms with E-state index in [2.05, 4.69) is 59.1 Å². The lowest BCUT2D eigenvalue weighted by atomic mass is 9.70. The molecule has 298 valence electrons. The zero-order valence-electron chi connectivity index (χ0n) is 33.2. The number of anilines is 1. The van der Waals surface area contributed by atoms with Crippen LogP contribution in [-0.2, 0) is 32.8 Å². The van der Waals surface area contributed by atoms with Crippen LogP contribution in [0, 0.1) is 11.3 Å². The minimum atomic E-state index is -0.683. The summed E-state index contributed by atoms with van der Waals surface area (Å²) in [5.74, 6) is -0.572. The number of nitrogens with zero attached hydrogens (tertiary/aromatic N) is 5. The van der Waals surface area contributed by atoms with E-state index in [1.807, 2.05) is 17.0 Å². The molecule has 0 bridgehead atoms. The van der Waals surface area contributed by atoms with E-state index in [9.17, 15) is 29.2 Å². The predicted molar refractivity (Wildman–Crippen MR) is 216 cm³/mol. The van der Waals surface area contributed by atoms with Gasteiger partial charge in [-0.2, -0.15) is 5.26 Å². The first kappa shape index (κ1) is 37.6. The maximum Gasteiger partial charge on any atom is 0.260 e. The van der Waals surface area contributed by atoms with Crippen LogP contribution < -0.4 is 15.0 Å². The molecule has 4 amide bonds. The van der Waals surface area contributed by atoms with Crippen molar-refractivity contribution in [1.82, 2.24) is 25.0 Å². The van der Waals surface area contributed by atoms with Gasteiger partial charge in [0.25, 0.3) is 11.8 Å². The standard InChI is InChI=1S/C45H47N7O6/c1-4-27-21-33-34(45(2,3)42-40(41(33)55)32-7-5-26(23-46)19-35(32)47-42)22-37(27)50-13-11-29(12-14-50)49-15-17-51(18-16-49)39(54)25-58-30-6-8-31-28(20-30)24-52(44(31)57)36-9-10-38(53)48-43(36)56/h5-8,19-22,29,36,47H,4,9-18,24-25H2,1-3H3,(H,48,53,56). The number of carbonyl (C=O) groups is 5. The van der Waals surface area contributed by atoms with Gasteiger partial charge in [-0.1, -0.05) is 26.8 Å². The van der Waals surface area contributed by atoms with Gasteiger partial charge in [0.15, 0.2) is 12.4 Å². The summed E-state index contributed by atoms with van der Waals surface area (Å²) in [6, 6.07) is 16.9. The van der Waals surface area contributed by atoms with Crippen LogP contribution in [0.2, 0.25) is 0 Å². The van der Waals surface area contributed by atoms with Gasteiger partial charge in [-0.05, 0) is 84.8 Å². The Kier molecular flexibility index (Phi) is 9.35. The van der Waals surface area contributed by atoms with Crippen LogP contribution >= 0.6 is 0 Å². The number of carbonyl (C=O) groups excluding carboxylic acids is 5. The molecule has 3 saturated heterocycles. The van der Waals surface area contributed by atoms with Crippen molar-refractivity contribution in [3.05, 3.63) is 93.2 Å². The second kappa shape index (κ2) is 14.4. The molecule has 0 spiro atoms. The van der Waals surface area contributed by atoms with E-state index in [1.54, 1.807) is 24.3 Å². The Morgan fingerprint density at radius 1 is 0.931 bits per heavy atom. The highest BCUT2D eigenvalue weighted by Crippen LogP contribution is 2.46. The monoisotopic (exact) mass is 781 g/mol. The summed E-state index contributed by atoms with van der Waals surface area (Å²) >= 11 is 0. The van der Waals surface area contributed by atoms with Crippen molar-refractivity contribution in [1.29, 1.82) is 5.26 Å². The number of aryl methyl sites for hydroxylation is 1. The number of piperazine rings is 1. The average Bonchev–Trinajstić information content (AvgIpc) is 3.79. The molecule has 1 atom stereocenters. The average molecular weight is 782 g/mol. The number of benzene rings is 3. The fraction of sp³-hybridized carbons (Fsp3) is 0.422. The number of nitriles is 1. The van der Waals surface area contributed by atoms with E-state index in [0.29, 0.717) is 48.0 Å². The van der Waals surface area contributed by atoms with Gasteiger partial charge in [0.2, 0.25) is 11.8 Å². The number of H-pyrrole nitrogens is 1. The van der Waals surface area contributed by atoms with Crippen molar-refractivity contribution in [3.8, 4) is 11.8 Å². The van der Waals surface area contributed by atoms with E-state index in [-0.39, 0.29) is 43.1 Å². The molecule has 4 aliphatic heterocycles. The van der Waals surface area contributed by atoms with Gasteiger partial charge in [0.05, 0.1) is 17.2 Å². The molecule has 0 radical (unpaired) electrons. The minimum absolute atomic E-state index is 0.0328. The molecule has 13 nitrogen and oxygen atoms in total. The number of piperidine rings is 2. The summed E-state index contributed by atoms with van der Waals surface area (Å²) in [6.45, 7) is 11.3. The van der Waals surface area contributed by atoms with Crippen LogP contribution in [0.4, 0.5) is 5.69 Å². The molecule has 1 aliphatic carbocycles. The Labute approximate surface area is 336 Å². The maximum atomic E-state index is 14.1. The highest BCUT2D eigenvalue weighted by molar-refractivity contribution is 6.20.